The number of hydrogen-bond acceptors (Lipinski definition) is 5. The molecule has 0 aliphatic carbocycles. The van der Waals surface area contributed by atoms with Crippen LogP contribution in [0.3, 0.4) is 0 Å². The van der Waals surface area contributed by atoms with Crippen LogP contribution in [0.2, 0.25) is 0 Å². The van der Waals surface area contributed by atoms with Gasteiger partial charge in [0.2, 0.25) is 5.91 Å². The molecule has 1 aromatic rings. The van der Waals surface area contributed by atoms with Gasteiger partial charge in [-0.1, -0.05) is 17.3 Å². The van der Waals surface area contributed by atoms with Gasteiger partial charge in [-0.2, -0.15) is 0 Å². The van der Waals surface area contributed by atoms with Crippen molar-refractivity contribution in [2.45, 2.75) is 32.2 Å². The first-order valence-corrected chi connectivity index (χ1v) is 6.33. The number of piperidine rings is 1. The molecule has 0 unspecified atom stereocenters. The molecule has 0 radical (unpaired) electrons. The number of amides is 1. The Morgan fingerprint density at radius 1 is 1.58 bits per heavy atom. The quantitative estimate of drug-likeness (QED) is 0.345. The molecule has 0 atom stereocenters. The van der Waals surface area contributed by atoms with E-state index in [0.717, 1.165) is 25.9 Å². The van der Waals surface area contributed by atoms with Crippen LogP contribution in [0.15, 0.2) is 11.4 Å². The summed E-state index contributed by atoms with van der Waals surface area (Å²) in [6.07, 6.45) is 3.88. The van der Waals surface area contributed by atoms with Crippen LogP contribution in [0.5, 0.6) is 0 Å². The number of oxime groups is 1. The normalized spacial score (nSPS) is 17.7. The van der Waals surface area contributed by atoms with Crippen molar-refractivity contribution in [3.63, 3.8) is 0 Å². The Bertz CT molecular complexity index is 475. The Balaban J connectivity index is 1.98. The SMILES string of the molecule is CCC(=O)N1CCC(n2cc(/C(N)=N/O)nn2)CC1. The van der Waals surface area contributed by atoms with Crippen molar-refractivity contribution < 1.29 is 10.0 Å². The monoisotopic (exact) mass is 266 g/mol. The average Bonchev–Trinajstić information content (AvgIpc) is 2.95. The first kappa shape index (κ1) is 13.3. The molecule has 1 aliphatic rings. The van der Waals surface area contributed by atoms with E-state index in [0.29, 0.717) is 12.1 Å². The second kappa shape index (κ2) is 5.68. The first-order chi connectivity index (χ1) is 9.15. The Hall–Kier alpha value is -2.12. The molecule has 0 spiro atoms. The molecule has 1 saturated heterocycles. The van der Waals surface area contributed by atoms with Crippen LogP contribution in [0.1, 0.15) is 37.9 Å². The summed E-state index contributed by atoms with van der Waals surface area (Å²) >= 11 is 0. The Labute approximate surface area is 110 Å². The highest BCUT2D eigenvalue weighted by atomic mass is 16.4. The van der Waals surface area contributed by atoms with Crippen LogP contribution < -0.4 is 5.73 Å². The molecule has 1 aromatic heterocycles. The van der Waals surface area contributed by atoms with Gasteiger partial charge < -0.3 is 15.8 Å². The van der Waals surface area contributed by atoms with Crippen LogP contribution >= 0.6 is 0 Å². The van der Waals surface area contributed by atoms with Gasteiger partial charge >= 0.3 is 0 Å². The number of nitrogens with zero attached hydrogens (tertiary/aromatic N) is 5. The fourth-order valence-electron chi connectivity index (χ4n) is 2.23. The van der Waals surface area contributed by atoms with Gasteiger partial charge in [0.05, 0.1) is 12.2 Å². The largest absolute Gasteiger partial charge is 0.409 e. The molecule has 104 valence electrons. The molecule has 0 bridgehead atoms. The van der Waals surface area contributed by atoms with E-state index in [1.165, 1.54) is 0 Å². The van der Waals surface area contributed by atoms with Gasteiger partial charge in [0.1, 0.15) is 0 Å². The molecule has 0 saturated carbocycles. The van der Waals surface area contributed by atoms with E-state index in [-0.39, 0.29) is 17.8 Å². The van der Waals surface area contributed by atoms with E-state index in [2.05, 4.69) is 15.5 Å². The number of likely N-dealkylation sites (tertiary alicyclic amines) is 1. The van der Waals surface area contributed by atoms with Crippen molar-refractivity contribution >= 4 is 11.7 Å². The summed E-state index contributed by atoms with van der Waals surface area (Å²) in [5, 5.41) is 19.3. The lowest BCUT2D eigenvalue weighted by Gasteiger charge is -2.31. The first-order valence-electron chi connectivity index (χ1n) is 6.33. The highest BCUT2D eigenvalue weighted by Crippen LogP contribution is 2.21. The van der Waals surface area contributed by atoms with Gasteiger partial charge in [-0.05, 0) is 12.8 Å². The van der Waals surface area contributed by atoms with E-state index in [1.807, 2.05) is 11.8 Å². The smallest absolute Gasteiger partial charge is 0.222 e. The number of rotatable bonds is 3. The van der Waals surface area contributed by atoms with Crippen LogP contribution in [-0.2, 0) is 4.79 Å². The third-order valence-corrected chi connectivity index (χ3v) is 3.37. The van der Waals surface area contributed by atoms with Crippen LogP contribution in [0, 0.1) is 0 Å². The van der Waals surface area contributed by atoms with Crippen LogP contribution in [0.4, 0.5) is 0 Å². The van der Waals surface area contributed by atoms with E-state index in [4.69, 9.17) is 10.9 Å². The minimum atomic E-state index is -0.0511. The van der Waals surface area contributed by atoms with Gasteiger partial charge in [-0.3, -0.25) is 4.79 Å². The van der Waals surface area contributed by atoms with E-state index >= 15 is 0 Å². The van der Waals surface area contributed by atoms with Gasteiger partial charge in [0.15, 0.2) is 11.5 Å². The minimum Gasteiger partial charge on any atom is -0.409 e. The van der Waals surface area contributed by atoms with Crippen molar-refractivity contribution in [3.05, 3.63) is 11.9 Å². The summed E-state index contributed by atoms with van der Waals surface area (Å²) in [4.78, 5) is 13.4. The van der Waals surface area contributed by atoms with Gasteiger partial charge in [-0.15, -0.1) is 5.10 Å². The summed E-state index contributed by atoms with van der Waals surface area (Å²) in [7, 11) is 0. The van der Waals surface area contributed by atoms with Gasteiger partial charge in [-0.25, -0.2) is 4.68 Å². The predicted octanol–water partition coefficient (Wildman–Crippen LogP) is -0.0539. The van der Waals surface area contributed by atoms with Crippen molar-refractivity contribution in [3.8, 4) is 0 Å². The van der Waals surface area contributed by atoms with E-state index < -0.39 is 0 Å². The van der Waals surface area contributed by atoms with Crippen molar-refractivity contribution in [2.24, 2.45) is 10.9 Å². The Morgan fingerprint density at radius 2 is 2.26 bits per heavy atom. The lowest BCUT2D eigenvalue weighted by molar-refractivity contribution is -0.132. The number of nitrogens with two attached hydrogens (primary N) is 1. The highest BCUT2D eigenvalue weighted by Gasteiger charge is 2.24. The summed E-state index contributed by atoms with van der Waals surface area (Å²) in [6, 6.07) is 0.202. The molecule has 3 N–H and O–H groups in total. The molecular formula is C11H18N6O2. The standard InChI is InChI=1S/C11H18N6O2/c1-2-10(18)16-5-3-8(4-6-16)17-7-9(13-15-17)11(12)14-19/h7-8,19H,2-6H2,1H3,(H2,12,14). The summed E-state index contributed by atoms with van der Waals surface area (Å²) in [5.41, 5.74) is 5.80. The lowest BCUT2D eigenvalue weighted by atomic mass is 10.1. The molecule has 0 aromatic carbocycles. The molecule has 2 rings (SSSR count). The van der Waals surface area contributed by atoms with Gasteiger partial charge in [0, 0.05) is 19.5 Å². The van der Waals surface area contributed by atoms with E-state index in [9.17, 15) is 4.79 Å². The molecule has 19 heavy (non-hydrogen) atoms. The molecule has 1 amide bonds. The number of aromatic nitrogens is 3. The Kier molecular flexibility index (Phi) is 3.98. The van der Waals surface area contributed by atoms with E-state index in [1.54, 1.807) is 10.9 Å². The summed E-state index contributed by atoms with van der Waals surface area (Å²) in [6.45, 7) is 3.33. The highest BCUT2D eigenvalue weighted by molar-refractivity contribution is 5.94. The zero-order valence-electron chi connectivity index (χ0n) is 10.9. The predicted molar refractivity (Wildman–Crippen MR) is 67.7 cm³/mol. The fourth-order valence-corrected chi connectivity index (χ4v) is 2.23. The minimum absolute atomic E-state index is 0.0511. The molecule has 8 nitrogen and oxygen atoms in total. The van der Waals surface area contributed by atoms with Crippen molar-refractivity contribution in [1.82, 2.24) is 19.9 Å². The van der Waals surface area contributed by atoms with Gasteiger partial charge in [0.25, 0.3) is 0 Å². The lowest BCUT2D eigenvalue weighted by Crippen LogP contribution is -2.38. The summed E-state index contributed by atoms with van der Waals surface area (Å²) in [5.74, 6) is 0.138. The zero-order chi connectivity index (χ0) is 13.8. The second-order valence-electron chi connectivity index (χ2n) is 4.53. The number of amidine groups is 1. The topological polar surface area (TPSA) is 110 Å². The molecule has 1 fully saturated rings. The maximum absolute atomic E-state index is 11.6. The fraction of sp³-hybridized carbons (Fsp3) is 0.636. The second-order valence-corrected chi connectivity index (χ2v) is 4.53. The van der Waals surface area contributed by atoms with Crippen molar-refractivity contribution in [1.29, 1.82) is 0 Å². The number of carbonyl (C=O) groups excluding carboxylic acids is 1. The number of carbonyl (C=O) groups is 1. The molecule has 2 heterocycles. The zero-order valence-corrected chi connectivity index (χ0v) is 10.9. The third kappa shape index (κ3) is 2.83. The molecular weight excluding hydrogens is 248 g/mol. The van der Waals surface area contributed by atoms with Crippen LogP contribution in [-0.4, -0.2) is 49.9 Å². The van der Waals surface area contributed by atoms with Crippen LogP contribution in [0.25, 0.3) is 0 Å². The molecule has 1 aliphatic heterocycles. The average molecular weight is 266 g/mol. The maximum atomic E-state index is 11.6. The maximum Gasteiger partial charge on any atom is 0.222 e. The summed E-state index contributed by atoms with van der Waals surface area (Å²) < 4.78 is 1.72. The Morgan fingerprint density at radius 3 is 2.84 bits per heavy atom. The number of hydrogen-bond donors (Lipinski definition) is 2. The van der Waals surface area contributed by atoms with Crippen molar-refractivity contribution in [2.75, 3.05) is 13.1 Å². The third-order valence-electron chi connectivity index (χ3n) is 3.37. The molecule has 8 heteroatoms.